The summed E-state index contributed by atoms with van der Waals surface area (Å²) >= 11 is 0. The Kier molecular flexibility index (Phi) is 3.88. The lowest BCUT2D eigenvalue weighted by molar-refractivity contribution is 0.0721. The third kappa shape index (κ3) is 2.84. The Morgan fingerprint density at radius 1 is 1.14 bits per heavy atom. The van der Waals surface area contributed by atoms with Crippen LogP contribution in [0.15, 0.2) is 47.5 Å². The minimum absolute atomic E-state index is 0.142. The summed E-state index contributed by atoms with van der Waals surface area (Å²) in [6.45, 7) is 4.58. The molecule has 0 unspecified atom stereocenters. The van der Waals surface area contributed by atoms with Gasteiger partial charge in [-0.15, -0.1) is 0 Å². The molecule has 1 aliphatic rings. The minimum atomic E-state index is -3.43. The van der Waals surface area contributed by atoms with Crippen molar-refractivity contribution in [3.63, 3.8) is 0 Å². The molecule has 0 spiro atoms. The molecule has 0 radical (unpaired) electrons. The van der Waals surface area contributed by atoms with E-state index in [0.717, 1.165) is 11.1 Å². The van der Waals surface area contributed by atoms with Crippen molar-refractivity contribution in [2.45, 2.75) is 24.8 Å². The molecule has 5 nitrogen and oxygen atoms in total. The van der Waals surface area contributed by atoms with Gasteiger partial charge in [-0.25, -0.2) is 13.4 Å². The van der Waals surface area contributed by atoms with Crippen LogP contribution in [0.4, 0.5) is 0 Å². The quantitative estimate of drug-likeness (QED) is 0.867. The summed E-state index contributed by atoms with van der Waals surface area (Å²) in [6, 6.07) is 10.6. The van der Waals surface area contributed by atoms with Crippen molar-refractivity contribution < 1.29 is 13.2 Å². The van der Waals surface area contributed by atoms with Gasteiger partial charge in [-0.1, -0.05) is 12.1 Å². The maximum absolute atomic E-state index is 12.5. The van der Waals surface area contributed by atoms with E-state index in [1.165, 1.54) is 4.31 Å². The van der Waals surface area contributed by atoms with E-state index < -0.39 is 10.0 Å². The minimum Gasteiger partial charge on any atom is -0.472 e. The second kappa shape index (κ2) is 5.70. The molecular weight excluding hydrogens is 300 g/mol. The van der Waals surface area contributed by atoms with Crippen LogP contribution >= 0.6 is 0 Å². The molecule has 22 heavy (non-hydrogen) atoms. The average molecular weight is 318 g/mol. The van der Waals surface area contributed by atoms with Crippen LogP contribution in [0.1, 0.15) is 11.1 Å². The maximum atomic E-state index is 12.5. The van der Waals surface area contributed by atoms with E-state index in [1.807, 2.05) is 32.0 Å². The monoisotopic (exact) mass is 318 g/mol. The fraction of sp³-hybridized carbons (Fsp3) is 0.312. The van der Waals surface area contributed by atoms with E-state index in [9.17, 15) is 8.42 Å². The van der Waals surface area contributed by atoms with Gasteiger partial charge in [0.1, 0.15) is 6.10 Å². The summed E-state index contributed by atoms with van der Waals surface area (Å²) in [7, 11) is -3.43. The zero-order chi connectivity index (χ0) is 15.7. The predicted molar refractivity (Wildman–Crippen MR) is 83.3 cm³/mol. The van der Waals surface area contributed by atoms with Gasteiger partial charge in [0, 0.05) is 12.3 Å². The largest absolute Gasteiger partial charge is 0.472 e. The van der Waals surface area contributed by atoms with Crippen molar-refractivity contribution in [1.82, 2.24) is 9.29 Å². The van der Waals surface area contributed by atoms with Crippen molar-refractivity contribution in [2.24, 2.45) is 0 Å². The highest BCUT2D eigenvalue weighted by atomic mass is 32.2. The Hall–Kier alpha value is -1.92. The second-order valence-corrected chi connectivity index (χ2v) is 7.41. The fourth-order valence-electron chi connectivity index (χ4n) is 2.28. The molecule has 1 aromatic heterocycles. The summed E-state index contributed by atoms with van der Waals surface area (Å²) in [5.41, 5.74) is 2.06. The lowest BCUT2D eigenvalue weighted by Crippen LogP contribution is -2.56. The van der Waals surface area contributed by atoms with Crippen LogP contribution in [0.5, 0.6) is 5.88 Å². The van der Waals surface area contributed by atoms with Gasteiger partial charge in [-0.05, 0) is 43.2 Å². The van der Waals surface area contributed by atoms with Gasteiger partial charge in [-0.2, -0.15) is 4.31 Å². The second-order valence-electron chi connectivity index (χ2n) is 5.48. The van der Waals surface area contributed by atoms with Crippen molar-refractivity contribution in [2.75, 3.05) is 13.1 Å². The van der Waals surface area contributed by atoms with E-state index in [-0.39, 0.29) is 6.10 Å². The van der Waals surface area contributed by atoms with Crippen LogP contribution in [-0.4, -0.2) is 36.9 Å². The number of pyridine rings is 1. The summed E-state index contributed by atoms with van der Waals surface area (Å²) in [6.07, 6.45) is 1.51. The molecule has 2 heterocycles. The van der Waals surface area contributed by atoms with E-state index in [2.05, 4.69) is 4.98 Å². The zero-order valence-electron chi connectivity index (χ0n) is 12.6. The van der Waals surface area contributed by atoms with Crippen LogP contribution in [0.25, 0.3) is 0 Å². The van der Waals surface area contributed by atoms with Crippen molar-refractivity contribution >= 4 is 10.0 Å². The molecule has 1 fully saturated rings. The van der Waals surface area contributed by atoms with Gasteiger partial charge in [-0.3, -0.25) is 0 Å². The van der Waals surface area contributed by atoms with E-state index in [0.29, 0.717) is 23.9 Å². The zero-order valence-corrected chi connectivity index (χ0v) is 13.4. The molecule has 0 saturated carbocycles. The number of nitrogens with zero attached hydrogens (tertiary/aromatic N) is 2. The molecule has 3 rings (SSSR count). The summed E-state index contributed by atoms with van der Waals surface area (Å²) in [4.78, 5) is 4.42. The topological polar surface area (TPSA) is 59.5 Å². The summed E-state index contributed by atoms with van der Waals surface area (Å²) in [5.74, 6) is 0.524. The van der Waals surface area contributed by atoms with Gasteiger partial charge in [0.25, 0.3) is 0 Å². The maximum Gasteiger partial charge on any atom is 0.243 e. The van der Waals surface area contributed by atoms with Crippen LogP contribution < -0.4 is 4.74 Å². The third-order valence-electron chi connectivity index (χ3n) is 3.86. The molecular formula is C16H18N2O3S. The first kappa shape index (κ1) is 15.0. The normalized spacial score (nSPS) is 16.3. The van der Waals surface area contributed by atoms with Crippen LogP contribution in [0, 0.1) is 13.8 Å². The van der Waals surface area contributed by atoms with E-state index in [1.54, 1.807) is 24.4 Å². The number of ether oxygens (including phenoxy) is 1. The summed E-state index contributed by atoms with van der Waals surface area (Å²) in [5, 5.41) is 0. The average Bonchev–Trinajstić information content (AvgIpc) is 2.46. The molecule has 116 valence electrons. The number of sulfonamides is 1. The van der Waals surface area contributed by atoms with E-state index >= 15 is 0 Å². The molecule has 0 amide bonds. The first-order valence-electron chi connectivity index (χ1n) is 7.12. The molecule has 0 aliphatic carbocycles. The van der Waals surface area contributed by atoms with Crippen molar-refractivity contribution in [3.05, 3.63) is 53.7 Å². The molecule has 0 bridgehead atoms. The molecule has 6 heteroatoms. The highest BCUT2D eigenvalue weighted by Crippen LogP contribution is 2.25. The Bertz CT molecular complexity index is 769. The lowest BCUT2D eigenvalue weighted by atomic mass is 10.1. The molecule has 2 aromatic rings. The molecule has 1 aliphatic heterocycles. The van der Waals surface area contributed by atoms with Gasteiger partial charge in [0.15, 0.2) is 0 Å². The third-order valence-corrected chi connectivity index (χ3v) is 5.68. The predicted octanol–water partition coefficient (Wildman–Crippen LogP) is 2.15. The number of aromatic nitrogens is 1. The Labute approximate surface area is 130 Å². The van der Waals surface area contributed by atoms with Gasteiger partial charge >= 0.3 is 0 Å². The highest BCUT2D eigenvalue weighted by Gasteiger charge is 2.38. The van der Waals surface area contributed by atoms with Gasteiger partial charge in [0.2, 0.25) is 15.9 Å². The Morgan fingerprint density at radius 3 is 2.55 bits per heavy atom. The Balaban J connectivity index is 1.67. The Morgan fingerprint density at radius 2 is 1.91 bits per heavy atom. The highest BCUT2D eigenvalue weighted by molar-refractivity contribution is 7.89. The van der Waals surface area contributed by atoms with Crippen LogP contribution in [0.3, 0.4) is 0 Å². The molecule has 0 atom stereocenters. The van der Waals surface area contributed by atoms with Crippen molar-refractivity contribution in [3.8, 4) is 5.88 Å². The smallest absolute Gasteiger partial charge is 0.243 e. The number of aryl methyl sites for hydroxylation is 2. The SMILES string of the molecule is Cc1ccc(S(=O)(=O)N2CC(Oc3ccccn3)C2)cc1C. The van der Waals surface area contributed by atoms with Crippen molar-refractivity contribution in [1.29, 1.82) is 0 Å². The fourth-order valence-corrected chi connectivity index (χ4v) is 3.87. The number of rotatable bonds is 4. The van der Waals surface area contributed by atoms with Gasteiger partial charge in [0.05, 0.1) is 18.0 Å². The number of hydrogen-bond acceptors (Lipinski definition) is 4. The number of benzene rings is 1. The lowest BCUT2D eigenvalue weighted by Gasteiger charge is -2.37. The van der Waals surface area contributed by atoms with Crippen LogP contribution in [-0.2, 0) is 10.0 Å². The molecule has 0 N–H and O–H groups in total. The standard InChI is InChI=1S/C16H18N2O3S/c1-12-6-7-15(9-13(12)2)22(19,20)18-10-14(11-18)21-16-5-3-4-8-17-16/h3-9,14H,10-11H2,1-2H3. The first-order chi connectivity index (χ1) is 10.5. The summed E-state index contributed by atoms with van der Waals surface area (Å²) < 4.78 is 32.1. The first-order valence-corrected chi connectivity index (χ1v) is 8.56. The number of hydrogen-bond donors (Lipinski definition) is 0. The van der Waals surface area contributed by atoms with Crippen LogP contribution in [0.2, 0.25) is 0 Å². The van der Waals surface area contributed by atoms with E-state index in [4.69, 9.17) is 4.74 Å². The van der Waals surface area contributed by atoms with Gasteiger partial charge < -0.3 is 4.74 Å². The molecule has 1 saturated heterocycles. The molecule has 1 aromatic carbocycles.